The maximum atomic E-state index is 5.42. The fraction of sp³-hybridized carbons (Fsp3) is 0.421. The highest BCUT2D eigenvalue weighted by Crippen LogP contribution is 2.40. The fourth-order valence-electron chi connectivity index (χ4n) is 6.49. The van der Waals surface area contributed by atoms with E-state index in [0.717, 1.165) is 25.0 Å². The van der Waals surface area contributed by atoms with Crippen LogP contribution in [-0.2, 0) is 18.3 Å². The zero-order chi connectivity index (χ0) is 27.8. The third-order valence-electron chi connectivity index (χ3n) is 9.24. The lowest BCUT2D eigenvalue weighted by Crippen LogP contribution is -2.15. The van der Waals surface area contributed by atoms with Gasteiger partial charge < -0.3 is 9.72 Å². The molecule has 2 aromatic carbocycles. The number of hydrogen-bond donors (Lipinski definition) is 1. The monoisotopic (exact) mass is 533 g/mol. The molecule has 3 aromatic rings. The molecule has 1 aromatic heterocycles. The minimum atomic E-state index is 0.216. The topological polar surface area (TPSA) is 25.0 Å². The maximum Gasteiger partial charge on any atom is 0.119 e. The van der Waals surface area contributed by atoms with E-state index in [1.54, 1.807) is 12.7 Å². The Bertz CT molecular complexity index is 1410. The molecular weight excluding hydrogens is 486 g/mol. The number of aromatic amines is 1. The second-order valence-corrected chi connectivity index (χ2v) is 11.9. The molecule has 0 fully saturated rings. The lowest BCUT2D eigenvalue weighted by atomic mass is 9.81. The number of nitrogens with one attached hydrogen (secondary N) is 1. The van der Waals surface area contributed by atoms with E-state index >= 15 is 0 Å². The van der Waals surface area contributed by atoms with Crippen molar-refractivity contribution in [3.8, 4) is 5.75 Å². The van der Waals surface area contributed by atoms with Crippen molar-refractivity contribution in [3.05, 3.63) is 106 Å². The predicted octanol–water partition coefficient (Wildman–Crippen LogP) is 10.6. The second kappa shape index (κ2) is 13.4. The molecule has 0 saturated heterocycles. The van der Waals surface area contributed by atoms with Crippen molar-refractivity contribution in [2.75, 3.05) is 7.11 Å². The summed E-state index contributed by atoms with van der Waals surface area (Å²) in [6, 6.07) is 13.2. The van der Waals surface area contributed by atoms with Crippen LogP contribution in [0, 0.1) is 0 Å². The minimum Gasteiger partial charge on any atom is -0.497 e. The molecule has 2 aliphatic rings. The summed E-state index contributed by atoms with van der Waals surface area (Å²) in [7, 11) is 1.74. The molecule has 1 heterocycles. The summed E-state index contributed by atoms with van der Waals surface area (Å²) in [5.41, 5.74) is 10.5. The molecule has 0 aliphatic heterocycles. The summed E-state index contributed by atoms with van der Waals surface area (Å²) in [6.45, 7) is 4.67. The van der Waals surface area contributed by atoms with E-state index < -0.39 is 0 Å². The number of unbranched alkanes of at least 4 members (excludes halogenated alkanes) is 2. The number of benzene rings is 2. The Morgan fingerprint density at radius 1 is 0.900 bits per heavy atom. The van der Waals surface area contributed by atoms with Crippen LogP contribution >= 0.6 is 0 Å². The summed E-state index contributed by atoms with van der Waals surface area (Å²) >= 11 is 0. The molecule has 1 unspecified atom stereocenters. The number of rotatable bonds is 12. The number of fused-ring (bicyclic) bond motifs is 2. The Kier molecular flexibility index (Phi) is 9.47. The first-order valence-electron chi connectivity index (χ1n) is 15.6. The Balaban J connectivity index is 1.04. The first kappa shape index (κ1) is 28.3. The van der Waals surface area contributed by atoms with Gasteiger partial charge in [0.2, 0.25) is 0 Å². The van der Waals surface area contributed by atoms with E-state index in [-0.39, 0.29) is 5.41 Å². The van der Waals surface area contributed by atoms with E-state index in [1.165, 1.54) is 96.5 Å². The highest BCUT2D eigenvalue weighted by atomic mass is 16.5. The molecule has 0 bridgehead atoms. The molecule has 2 heteroatoms. The van der Waals surface area contributed by atoms with Crippen molar-refractivity contribution in [1.82, 2.24) is 4.98 Å². The molecular formula is C38H47NO. The smallest absolute Gasteiger partial charge is 0.119 e. The molecule has 1 atom stereocenters. The Labute approximate surface area is 241 Å². The summed E-state index contributed by atoms with van der Waals surface area (Å²) in [4.78, 5) is 3.41. The Morgan fingerprint density at radius 2 is 1.77 bits per heavy atom. The average Bonchev–Trinajstić information content (AvgIpc) is 3.57. The van der Waals surface area contributed by atoms with E-state index in [1.807, 2.05) is 6.07 Å². The van der Waals surface area contributed by atoms with E-state index in [0.29, 0.717) is 0 Å². The number of allylic oxidation sites excluding steroid dienone is 7. The average molecular weight is 534 g/mol. The first-order valence-corrected chi connectivity index (χ1v) is 15.6. The van der Waals surface area contributed by atoms with Gasteiger partial charge in [-0.05, 0) is 111 Å². The van der Waals surface area contributed by atoms with Crippen LogP contribution in [0.1, 0.15) is 100 Å². The first-order chi connectivity index (χ1) is 19.6. The van der Waals surface area contributed by atoms with Crippen LogP contribution in [0.5, 0.6) is 5.75 Å². The summed E-state index contributed by atoms with van der Waals surface area (Å²) < 4.78 is 5.42. The number of H-pyrrole nitrogens is 1. The number of aromatic nitrogens is 1. The minimum absolute atomic E-state index is 0.216. The molecule has 0 spiro atoms. The SMILES string of the molecule is CCC1(C)C=Cc2c(CCCC3=CCC=CC(CCCCCc4c[nH]c5ccc(OC)cc45)=CCC3)cccc21. The fourth-order valence-corrected chi connectivity index (χ4v) is 6.49. The van der Waals surface area contributed by atoms with Crippen molar-refractivity contribution < 1.29 is 4.74 Å². The summed E-state index contributed by atoms with van der Waals surface area (Å²) in [5, 5.41) is 1.30. The highest BCUT2D eigenvalue weighted by Gasteiger charge is 2.28. The number of ether oxygens (including phenoxy) is 1. The molecule has 5 rings (SSSR count). The molecule has 2 nitrogen and oxygen atoms in total. The molecule has 0 amide bonds. The zero-order valence-corrected chi connectivity index (χ0v) is 24.9. The molecule has 0 saturated carbocycles. The lowest BCUT2D eigenvalue weighted by Gasteiger charge is -2.23. The Morgan fingerprint density at radius 3 is 2.65 bits per heavy atom. The van der Waals surface area contributed by atoms with Crippen LogP contribution in [0.2, 0.25) is 0 Å². The molecule has 40 heavy (non-hydrogen) atoms. The van der Waals surface area contributed by atoms with Gasteiger partial charge >= 0.3 is 0 Å². The van der Waals surface area contributed by atoms with Crippen LogP contribution in [0.3, 0.4) is 0 Å². The van der Waals surface area contributed by atoms with E-state index in [4.69, 9.17) is 4.74 Å². The molecule has 1 N–H and O–H groups in total. The standard InChI is InChI=1S/C38H47NO/c1-4-38(2)26-25-34-31(21-12-22-36(34)38)20-11-18-30-15-9-8-14-29(16-10-17-30)13-6-5-7-19-32-28-39-37-24-23-33(40-3)27-35(32)37/h8,12,14-16,21-28,39H,4-7,9-11,13,17-20H2,1-3H3. The zero-order valence-electron chi connectivity index (χ0n) is 24.9. The van der Waals surface area contributed by atoms with Crippen LogP contribution in [0.25, 0.3) is 17.0 Å². The van der Waals surface area contributed by atoms with Crippen molar-refractivity contribution in [2.24, 2.45) is 0 Å². The van der Waals surface area contributed by atoms with Gasteiger partial charge in [-0.25, -0.2) is 0 Å². The Hall–Kier alpha value is -3.26. The third kappa shape index (κ3) is 6.72. The quantitative estimate of drug-likeness (QED) is 0.182. The highest BCUT2D eigenvalue weighted by molar-refractivity contribution is 5.84. The van der Waals surface area contributed by atoms with Crippen LogP contribution in [-0.4, -0.2) is 12.1 Å². The summed E-state index contributed by atoms with van der Waals surface area (Å²) in [6.07, 6.45) is 31.0. The van der Waals surface area contributed by atoms with Gasteiger partial charge in [0.25, 0.3) is 0 Å². The van der Waals surface area contributed by atoms with Crippen molar-refractivity contribution in [1.29, 1.82) is 0 Å². The molecule has 210 valence electrons. The van der Waals surface area contributed by atoms with Crippen molar-refractivity contribution >= 4 is 17.0 Å². The van der Waals surface area contributed by atoms with E-state index in [2.05, 4.69) is 91.8 Å². The van der Waals surface area contributed by atoms with Gasteiger partial charge in [-0.2, -0.15) is 0 Å². The van der Waals surface area contributed by atoms with Gasteiger partial charge in [-0.1, -0.05) is 86.1 Å². The normalized spacial score (nSPS) is 18.7. The third-order valence-corrected chi connectivity index (χ3v) is 9.24. The van der Waals surface area contributed by atoms with Crippen LogP contribution in [0.15, 0.2) is 84.1 Å². The number of methoxy groups -OCH3 is 1. The van der Waals surface area contributed by atoms with Gasteiger partial charge in [-0.3, -0.25) is 0 Å². The lowest BCUT2D eigenvalue weighted by molar-refractivity contribution is 0.415. The molecule has 2 aliphatic carbocycles. The molecule has 0 radical (unpaired) electrons. The van der Waals surface area contributed by atoms with Gasteiger partial charge in [0.1, 0.15) is 5.75 Å². The predicted molar refractivity (Wildman–Crippen MR) is 172 cm³/mol. The van der Waals surface area contributed by atoms with E-state index in [9.17, 15) is 0 Å². The van der Waals surface area contributed by atoms with Gasteiger partial charge in [0, 0.05) is 22.5 Å². The van der Waals surface area contributed by atoms with Crippen molar-refractivity contribution in [3.63, 3.8) is 0 Å². The number of hydrogen-bond acceptors (Lipinski definition) is 1. The van der Waals surface area contributed by atoms with Crippen LogP contribution < -0.4 is 4.74 Å². The van der Waals surface area contributed by atoms with Crippen LogP contribution in [0.4, 0.5) is 0 Å². The maximum absolute atomic E-state index is 5.42. The summed E-state index contributed by atoms with van der Waals surface area (Å²) in [5.74, 6) is 0.932. The van der Waals surface area contributed by atoms with Crippen molar-refractivity contribution in [2.45, 2.75) is 96.3 Å². The largest absolute Gasteiger partial charge is 0.497 e. The second-order valence-electron chi connectivity index (χ2n) is 11.9. The van der Waals surface area contributed by atoms with Gasteiger partial charge in [0.15, 0.2) is 0 Å². The van der Waals surface area contributed by atoms with Gasteiger partial charge in [-0.15, -0.1) is 0 Å². The number of aryl methyl sites for hydroxylation is 2. The van der Waals surface area contributed by atoms with Gasteiger partial charge in [0.05, 0.1) is 7.11 Å².